The van der Waals surface area contributed by atoms with Gasteiger partial charge < -0.3 is 8.83 Å². The van der Waals surface area contributed by atoms with E-state index in [9.17, 15) is 0 Å². The Morgan fingerprint density at radius 2 is 1.47 bits per heavy atom. The topological polar surface area (TPSA) is 43.5 Å². The summed E-state index contributed by atoms with van der Waals surface area (Å²) in [5, 5.41) is 5.98. The molecule has 0 unspecified atom stereocenters. The van der Waals surface area contributed by atoms with Gasteiger partial charge in [0.2, 0.25) is 0 Å². The number of aromatic nitrogens is 1. The fourth-order valence-corrected chi connectivity index (χ4v) is 4.50. The zero-order chi connectivity index (χ0) is 19.8. The van der Waals surface area contributed by atoms with E-state index in [2.05, 4.69) is 23.0 Å². The van der Waals surface area contributed by atoms with E-state index in [4.69, 9.17) is 20.4 Å². The van der Waals surface area contributed by atoms with E-state index < -0.39 is 0 Å². The van der Waals surface area contributed by atoms with Gasteiger partial charge in [-0.3, -0.25) is 0 Å². The third-order valence-electron chi connectivity index (χ3n) is 5.81. The predicted molar refractivity (Wildman–Crippen MR) is 120 cm³/mol. The Morgan fingerprint density at radius 3 is 2.33 bits per heavy atom. The van der Waals surface area contributed by atoms with E-state index in [-0.39, 0.29) is 0 Å². The molecular weight excluding hydrogens is 372 g/mol. The van der Waals surface area contributed by atoms with Crippen LogP contribution in [0.2, 0.25) is 0 Å². The Hall–Kier alpha value is -4.36. The molecule has 0 aliphatic rings. The van der Waals surface area contributed by atoms with Crippen LogP contribution in [0.25, 0.3) is 70.5 Å². The fraction of sp³-hybridized carbons (Fsp3) is 0. The summed E-state index contributed by atoms with van der Waals surface area (Å²) in [5.41, 5.74) is 4.95. The van der Waals surface area contributed by atoms with Crippen LogP contribution in [-0.2, 0) is 0 Å². The molecule has 0 saturated heterocycles. The molecule has 0 radical (unpaired) electrons. The molecule has 0 aliphatic carbocycles. The van der Waals surface area contributed by atoms with Gasteiger partial charge in [0, 0.05) is 21.5 Å². The number of para-hydroxylation sites is 1. The average molecular weight is 384 g/mol. The van der Waals surface area contributed by atoms with Crippen LogP contribution in [-0.4, -0.2) is 4.98 Å². The second kappa shape index (κ2) is 5.37. The Balaban J connectivity index is 1.89. The maximum atomic E-state index is 7.49. The number of hydrogen-bond acceptors (Lipinski definition) is 3. The Bertz CT molecular complexity index is 1870. The van der Waals surface area contributed by atoms with Crippen LogP contribution in [0.15, 0.2) is 81.6 Å². The van der Waals surface area contributed by atoms with E-state index in [0.29, 0.717) is 22.4 Å². The van der Waals surface area contributed by atoms with E-state index in [1.165, 1.54) is 0 Å². The monoisotopic (exact) mass is 384 g/mol. The molecule has 0 N–H and O–H groups in total. The summed E-state index contributed by atoms with van der Waals surface area (Å²) in [6.07, 6.45) is 0. The zero-order valence-electron chi connectivity index (χ0n) is 15.6. The summed E-state index contributed by atoms with van der Waals surface area (Å²) in [6, 6.07) is 23.9. The van der Waals surface area contributed by atoms with Gasteiger partial charge in [-0.2, -0.15) is 0 Å². The van der Waals surface area contributed by atoms with Crippen molar-refractivity contribution in [3.63, 3.8) is 0 Å². The third-order valence-corrected chi connectivity index (χ3v) is 5.81. The molecule has 138 valence electrons. The second-order valence-corrected chi connectivity index (χ2v) is 7.51. The van der Waals surface area contributed by atoms with Crippen LogP contribution in [0.4, 0.5) is 5.69 Å². The van der Waals surface area contributed by atoms with Crippen molar-refractivity contribution >= 4 is 71.4 Å². The largest absolute Gasteiger partial charge is 0.457 e. The number of hydrogen-bond donors (Lipinski definition) is 0. The van der Waals surface area contributed by atoms with E-state index >= 15 is 0 Å². The third kappa shape index (κ3) is 1.91. The van der Waals surface area contributed by atoms with Gasteiger partial charge in [0.25, 0.3) is 0 Å². The standard InChI is InChI=1S/C26H12N2O2/c1-27-16-12-20-24-21(13-16)30-26-17-8-4-2-6-14(17)10-18(23(24)26)25-22(29-20)11-15-7-3-5-9-19(15)28-25/h2-13H. The Labute approximate surface area is 169 Å². The molecule has 0 bridgehead atoms. The summed E-state index contributed by atoms with van der Waals surface area (Å²) < 4.78 is 12.7. The van der Waals surface area contributed by atoms with Gasteiger partial charge in [-0.1, -0.05) is 42.5 Å². The minimum absolute atomic E-state index is 0.486. The molecule has 0 saturated carbocycles. The minimum Gasteiger partial charge on any atom is -0.457 e. The normalized spacial score (nSPS) is 12.0. The maximum Gasteiger partial charge on any atom is 0.194 e. The van der Waals surface area contributed by atoms with Gasteiger partial charge in [0.15, 0.2) is 11.3 Å². The number of furan rings is 1. The zero-order valence-corrected chi connectivity index (χ0v) is 15.6. The van der Waals surface area contributed by atoms with Crippen molar-refractivity contribution in [1.29, 1.82) is 0 Å². The summed E-state index contributed by atoms with van der Waals surface area (Å²) in [6.45, 7) is 7.49. The molecule has 4 nitrogen and oxygen atoms in total. The summed E-state index contributed by atoms with van der Waals surface area (Å²) >= 11 is 0. The molecule has 30 heavy (non-hydrogen) atoms. The van der Waals surface area contributed by atoms with Crippen LogP contribution >= 0.6 is 0 Å². The van der Waals surface area contributed by atoms with Crippen molar-refractivity contribution in [3.05, 3.63) is 84.2 Å². The molecule has 0 atom stereocenters. The summed E-state index contributed by atoms with van der Waals surface area (Å²) in [5.74, 6) is 0. The highest BCUT2D eigenvalue weighted by Crippen LogP contribution is 2.43. The van der Waals surface area contributed by atoms with E-state index in [0.717, 1.165) is 48.9 Å². The summed E-state index contributed by atoms with van der Waals surface area (Å²) in [4.78, 5) is 8.59. The quantitative estimate of drug-likeness (QED) is 0.251. The molecule has 3 heterocycles. The van der Waals surface area contributed by atoms with Crippen molar-refractivity contribution in [2.45, 2.75) is 0 Å². The lowest BCUT2D eigenvalue weighted by atomic mass is 10.0. The predicted octanol–water partition coefficient (Wildman–Crippen LogP) is 7.74. The highest BCUT2D eigenvalue weighted by molar-refractivity contribution is 6.30. The first-order chi connectivity index (χ1) is 14.8. The first-order valence-electron chi connectivity index (χ1n) is 9.68. The first-order valence-corrected chi connectivity index (χ1v) is 9.68. The van der Waals surface area contributed by atoms with Crippen molar-refractivity contribution in [3.8, 4) is 0 Å². The van der Waals surface area contributed by atoms with Gasteiger partial charge in [0.1, 0.15) is 22.3 Å². The fourth-order valence-electron chi connectivity index (χ4n) is 4.50. The first kappa shape index (κ1) is 15.5. The number of rotatable bonds is 0. The minimum atomic E-state index is 0.486. The molecule has 0 fully saturated rings. The lowest BCUT2D eigenvalue weighted by Gasteiger charge is -2.03. The number of pyridine rings is 1. The van der Waals surface area contributed by atoms with Crippen LogP contribution in [0.5, 0.6) is 0 Å². The van der Waals surface area contributed by atoms with Crippen LogP contribution < -0.4 is 0 Å². The van der Waals surface area contributed by atoms with Gasteiger partial charge in [0.05, 0.1) is 17.5 Å². The maximum absolute atomic E-state index is 7.49. The smallest absolute Gasteiger partial charge is 0.194 e. The van der Waals surface area contributed by atoms with Crippen LogP contribution in [0.1, 0.15) is 0 Å². The second-order valence-electron chi connectivity index (χ2n) is 7.51. The summed E-state index contributed by atoms with van der Waals surface area (Å²) in [7, 11) is 0. The molecular formula is C26H12N2O2. The lowest BCUT2D eigenvalue weighted by Crippen LogP contribution is -1.82. The highest BCUT2D eigenvalue weighted by atomic mass is 16.3. The number of nitrogens with zero attached hydrogens (tertiary/aromatic N) is 2. The Morgan fingerprint density at radius 1 is 0.700 bits per heavy atom. The average Bonchev–Trinajstić information content (AvgIpc) is 3.12. The van der Waals surface area contributed by atoms with Crippen molar-refractivity contribution in [2.24, 2.45) is 0 Å². The molecule has 0 amide bonds. The Kier molecular flexibility index (Phi) is 2.78. The molecule has 7 aromatic rings. The van der Waals surface area contributed by atoms with Gasteiger partial charge in [-0.25, -0.2) is 9.83 Å². The van der Waals surface area contributed by atoms with E-state index in [1.54, 1.807) is 12.1 Å². The van der Waals surface area contributed by atoms with Crippen molar-refractivity contribution in [2.75, 3.05) is 0 Å². The van der Waals surface area contributed by atoms with Gasteiger partial charge in [-0.05, 0) is 35.7 Å². The number of fused-ring (bicyclic) bond motifs is 5. The van der Waals surface area contributed by atoms with Crippen LogP contribution in [0.3, 0.4) is 0 Å². The molecule has 3 aromatic heterocycles. The van der Waals surface area contributed by atoms with E-state index in [1.807, 2.05) is 42.5 Å². The van der Waals surface area contributed by atoms with Gasteiger partial charge >= 0.3 is 0 Å². The molecule has 7 rings (SSSR count). The van der Waals surface area contributed by atoms with Crippen LogP contribution in [0, 0.1) is 6.57 Å². The molecule has 0 spiro atoms. The van der Waals surface area contributed by atoms with Gasteiger partial charge in [-0.15, -0.1) is 0 Å². The number of benzene rings is 4. The molecule has 4 heteroatoms. The highest BCUT2D eigenvalue weighted by Gasteiger charge is 2.20. The van der Waals surface area contributed by atoms with Crippen molar-refractivity contribution < 1.29 is 8.83 Å². The molecule has 0 aliphatic heterocycles. The SMILES string of the molecule is [C-]#[N+]c1cc2oc3cc4ccccc4nc3c3cc4ccccc4c4oc(c1)c2c34. The lowest BCUT2D eigenvalue weighted by molar-refractivity contribution is 0.658. The molecule has 4 aromatic carbocycles. The van der Waals surface area contributed by atoms with Crippen molar-refractivity contribution in [1.82, 2.24) is 4.98 Å².